The summed E-state index contributed by atoms with van der Waals surface area (Å²) in [5.74, 6) is 0.0592. The van der Waals surface area contributed by atoms with Crippen LogP contribution in [0.15, 0.2) is 18.2 Å². The summed E-state index contributed by atoms with van der Waals surface area (Å²) in [6.45, 7) is 0.418. The zero-order chi connectivity index (χ0) is 10.7. The SMILES string of the molecule is NCc1ccc(F)c(OC2CCCC2)c1. The van der Waals surface area contributed by atoms with E-state index in [1.807, 2.05) is 0 Å². The van der Waals surface area contributed by atoms with E-state index in [0.717, 1.165) is 18.4 Å². The first-order valence-corrected chi connectivity index (χ1v) is 5.45. The van der Waals surface area contributed by atoms with Crippen LogP contribution < -0.4 is 10.5 Å². The number of hydrogen-bond donors (Lipinski definition) is 1. The van der Waals surface area contributed by atoms with E-state index in [1.165, 1.54) is 18.9 Å². The van der Waals surface area contributed by atoms with E-state index in [0.29, 0.717) is 12.3 Å². The number of halogens is 1. The Morgan fingerprint density at radius 2 is 2.07 bits per heavy atom. The van der Waals surface area contributed by atoms with E-state index in [9.17, 15) is 4.39 Å². The summed E-state index contributed by atoms with van der Waals surface area (Å²) in [6, 6.07) is 4.82. The molecule has 2 nitrogen and oxygen atoms in total. The van der Waals surface area contributed by atoms with E-state index in [-0.39, 0.29) is 11.9 Å². The number of rotatable bonds is 3. The zero-order valence-electron chi connectivity index (χ0n) is 8.71. The molecule has 0 aliphatic heterocycles. The molecular formula is C12H16FNO. The Kier molecular flexibility index (Phi) is 3.21. The molecule has 0 bridgehead atoms. The van der Waals surface area contributed by atoms with Crippen molar-refractivity contribution in [3.05, 3.63) is 29.6 Å². The van der Waals surface area contributed by atoms with Gasteiger partial charge in [-0.25, -0.2) is 4.39 Å². The minimum atomic E-state index is -0.293. The van der Waals surface area contributed by atoms with Crippen molar-refractivity contribution in [3.8, 4) is 5.75 Å². The molecule has 1 aliphatic rings. The van der Waals surface area contributed by atoms with Gasteiger partial charge in [0.1, 0.15) is 0 Å². The molecule has 82 valence electrons. The first kappa shape index (κ1) is 10.4. The third kappa shape index (κ3) is 2.48. The molecule has 1 aliphatic carbocycles. The fraction of sp³-hybridized carbons (Fsp3) is 0.500. The Labute approximate surface area is 89.2 Å². The van der Waals surface area contributed by atoms with Gasteiger partial charge in [-0.2, -0.15) is 0 Å². The van der Waals surface area contributed by atoms with Gasteiger partial charge in [0.25, 0.3) is 0 Å². The Morgan fingerprint density at radius 1 is 1.33 bits per heavy atom. The van der Waals surface area contributed by atoms with E-state index in [2.05, 4.69) is 0 Å². The molecule has 2 N–H and O–H groups in total. The number of ether oxygens (including phenoxy) is 1. The lowest BCUT2D eigenvalue weighted by Gasteiger charge is -2.14. The Bertz CT molecular complexity index is 334. The van der Waals surface area contributed by atoms with Gasteiger partial charge in [0.05, 0.1) is 6.10 Å². The van der Waals surface area contributed by atoms with Crippen molar-refractivity contribution >= 4 is 0 Å². The lowest BCUT2D eigenvalue weighted by Crippen LogP contribution is -2.12. The number of nitrogens with two attached hydrogens (primary N) is 1. The summed E-state index contributed by atoms with van der Waals surface area (Å²) in [5, 5.41) is 0. The molecule has 3 heteroatoms. The standard InChI is InChI=1S/C12H16FNO/c13-11-6-5-9(8-14)7-12(11)15-10-3-1-2-4-10/h5-7,10H,1-4,8,14H2. The predicted octanol–water partition coefficient (Wildman–Crippen LogP) is 2.61. The molecular weight excluding hydrogens is 193 g/mol. The van der Waals surface area contributed by atoms with Crippen LogP contribution in [0.5, 0.6) is 5.75 Å². The Hall–Kier alpha value is -1.09. The summed E-state index contributed by atoms with van der Waals surface area (Å²) in [4.78, 5) is 0. The second-order valence-corrected chi connectivity index (χ2v) is 3.99. The minimum absolute atomic E-state index is 0.188. The van der Waals surface area contributed by atoms with Crippen molar-refractivity contribution < 1.29 is 9.13 Å². The van der Waals surface area contributed by atoms with Crippen LogP contribution in [0.25, 0.3) is 0 Å². The van der Waals surface area contributed by atoms with E-state index in [1.54, 1.807) is 12.1 Å². The Morgan fingerprint density at radius 3 is 2.73 bits per heavy atom. The van der Waals surface area contributed by atoms with E-state index in [4.69, 9.17) is 10.5 Å². The fourth-order valence-electron chi connectivity index (χ4n) is 1.95. The van der Waals surface area contributed by atoms with Gasteiger partial charge in [0, 0.05) is 6.54 Å². The van der Waals surface area contributed by atoms with Gasteiger partial charge >= 0.3 is 0 Å². The first-order valence-electron chi connectivity index (χ1n) is 5.45. The van der Waals surface area contributed by atoms with Crippen molar-refractivity contribution in [2.75, 3.05) is 0 Å². The molecule has 0 heterocycles. The van der Waals surface area contributed by atoms with Crippen LogP contribution >= 0.6 is 0 Å². The molecule has 0 atom stereocenters. The smallest absolute Gasteiger partial charge is 0.165 e. The van der Waals surface area contributed by atoms with Crippen molar-refractivity contribution in [1.29, 1.82) is 0 Å². The van der Waals surface area contributed by atoms with Gasteiger partial charge in [0.2, 0.25) is 0 Å². The summed E-state index contributed by atoms with van der Waals surface area (Å²) in [5.41, 5.74) is 6.41. The number of hydrogen-bond acceptors (Lipinski definition) is 2. The Balaban J connectivity index is 2.11. The molecule has 0 aromatic heterocycles. The third-order valence-corrected chi connectivity index (χ3v) is 2.83. The van der Waals surface area contributed by atoms with Gasteiger partial charge in [-0.15, -0.1) is 0 Å². The van der Waals surface area contributed by atoms with Crippen molar-refractivity contribution in [1.82, 2.24) is 0 Å². The maximum atomic E-state index is 13.4. The largest absolute Gasteiger partial charge is 0.487 e. The van der Waals surface area contributed by atoms with Crippen molar-refractivity contribution in [2.24, 2.45) is 5.73 Å². The molecule has 0 radical (unpaired) electrons. The maximum absolute atomic E-state index is 13.4. The van der Waals surface area contributed by atoms with Gasteiger partial charge in [-0.3, -0.25) is 0 Å². The quantitative estimate of drug-likeness (QED) is 0.830. The molecule has 1 aromatic rings. The summed E-state index contributed by atoms with van der Waals surface area (Å²) in [7, 11) is 0. The topological polar surface area (TPSA) is 35.2 Å². The van der Waals surface area contributed by atoms with Crippen LogP contribution in [0.1, 0.15) is 31.2 Å². The van der Waals surface area contributed by atoms with E-state index < -0.39 is 0 Å². The molecule has 0 spiro atoms. The van der Waals surface area contributed by atoms with Gasteiger partial charge < -0.3 is 10.5 Å². The van der Waals surface area contributed by atoms with Crippen LogP contribution in [-0.2, 0) is 6.54 Å². The predicted molar refractivity (Wildman–Crippen MR) is 57.2 cm³/mol. The van der Waals surface area contributed by atoms with Crippen LogP contribution in [0.2, 0.25) is 0 Å². The molecule has 0 unspecified atom stereocenters. The lowest BCUT2D eigenvalue weighted by molar-refractivity contribution is 0.200. The zero-order valence-corrected chi connectivity index (χ0v) is 8.71. The van der Waals surface area contributed by atoms with Crippen LogP contribution in [0.4, 0.5) is 4.39 Å². The average molecular weight is 209 g/mol. The normalized spacial score (nSPS) is 16.9. The highest BCUT2D eigenvalue weighted by molar-refractivity contribution is 5.30. The molecule has 0 saturated heterocycles. The minimum Gasteiger partial charge on any atom is -0.487 e. The van der Waals surface area contributed by atoms with Gasteiger partial charge in [-0.1, -0.05) is 6.07 Å². The van der Waals surface area contributed by atoms with Crippen LogP contribution in [0, 0.1) is 5.82 Å². The monoisotopic (exact) mass is 209 g/mol. The summed E-state index contributed by atoms with van der Waals surface area (Å²) in [6.07, 6.45) is 4.62. The molecule has 1 saturated carbocycles. The first-order chi connectivity index (χ1) is 7.29. The second-order valence-electron chi connectivity index (χ2n) is 3.99. The maximum Gasteiger partial charge on any atom is 0.165 e. The van der Waals surface area contributed by atoms with Gasteiger partial charge in [-0.05, 0) is 43.4 Å². The molecule has 1 fully saturated rings. The van der Waals surface area contributed by atoms with Crippen LogP contribution in [-0.4, -0.2) is 6.10 Å². The fourth-order valence-corrected chi connectivity index (χ4v) is 1.95. The highest BCUT2D eigenvalue weighted by atomic mass is 19.1. The molecule has 1 aromatic carbocycles. The van der Waals surface area contributed by atoms with Crippen molar-refractivity contribution in [3.63, 3.8) is 0 Å². The van der Waals surface area contributed by atoms with E-state index >= 15 is 0 Å². The number of benzene rings is 1. The molecule has 2 rings (SSSR count). The van der Waals surface area contributed by atoms with Crippen LogP contribution in [0.3, 0.4) is 0 Å². The summed E-state index contributed by atoms with van der Waals surface area (Å²) >= 11 is 0. The highest BCUT2D eigenvalue weighted by Crippen LogP contribution is 2.26. The lowest BCUT2D eigenvalue weighted by atomic mass is 10.2. The highest BCUT2D eigenvalue weighted by Gasteiger charge is 2.18. The summed E-state index contributed by atoms with van der Waals surface area (Å²) < 4.78 is 19.0. The third-order valence-electron chi connectivity index (χ3n) is 2.83. The molecule has 15 heavy (non-hydrogen) atoms. The second kappa shape index (κ2) is 4.62. The molecule has 0 amide bonds. The van der Waals surface area contributed by atoms with Gasteiger partial charge in [0.15, 0.2) is 11.6 Å². The van der Waals surface area contributed by atoms with Crippen molar-refractivity contribution in [2.45, 2.75) is 38.3 Å². The average Bonchev–Trinajstić information content (AvgIpc) is 2.74.